The van der Waals surface area contributed by atoms with Crippen LogP contribution in [0.25, 0.3) is 0 Å². The minimum absolute atomic E-state index is 0.00192. The Bertz CT molecular complexity index is 726. The lowest BCUT2D eigenvalue weighted by Gasteiger charge is -2.63. The van der Waals surface area contributed by atoms with Gasteiger partial charge in [0.2, 0.25) is 0 Å². The Hall–Kier alpha value is -1.32. The van der Waals surface area contributed by atoms with Crippen molar-refractivity contribution in [2.24, 2.45) is 39.9 Å². The summed E-state index contributed by atoms with van der Waals surface area (Å²) >= 11 is 0. The zero-order valence-corrected chi connectivity index (χ0v) is 18.6. The van der Waals surface area contributed by atoms with E-state index < -0.39 is 11.4 Å². The lowest BCUT2D eigenvalue weighted by Crippen LogP contribution is -2.60. The number of carboxylic acid groups (broad SMARTS) is 1. The third-order valence-electron chi connectivity index (χ3n) is 9.49. The van der Waals surface area contributed by atoms with Crippen molar-refractivity contribution < 1.29 is 19.4 Å². The SMILES string of the molecule is C=C1[C@@H]2CC[C@@H]3[C@]4(C)CCC[C@@](C)(C(=O)O)[C@H]4CC[C@]3(C2)[C@H]1OC(=O)CC(C)C. The fourth-order valence-corrected chi connectivity index (χ4v) is 8.29. The van der Waals surface area contributed by atoms with Crippen LogP contribution in [0.3, 0.4) is 0 Å². The van der Waals surface area contributed by atoms with E-state index in [2.05, 4.69) is 13.5 Å². The van der Waals surface area contributed by atoms with Crippen molar-refractivity contribution in [2.75, 3.05) is 0 Å². The Morgan fingerprint density at radius 3 is 2.52 bits per heavy atom. The van der Waals surface area contributed by atoms with Crippen LogP contribution in [-0.4, -0.2) is 23.1 Å². The molecule has 162 valence electrons. The van der Waals surface area contributed by atoms with Gasteiger partial charge in [0.15, 0.2) is 0 Å². The van der Waals surface area contributed by atoms with E-state index in [1.54, 1.807) is 0 Å². The fraction of sp³-hybridized carbons (Fsp3) is 0.840. The molecule has 4 rings (SSSR count). The molecule has 0 radical (unpaired) electrons. The van der Waals surface area contributed by atoms with E-state index in [0.717, 1.165) is 56.9 Å². The van der Waals surface area contributed by atoms with Crippen LogP contribution in [0.1, 0.15) is 85.5 Å². The van der Waals surface area contributed by atoms with Gasteiger partial charge in [0.1, 0.15) is 6.10 Å². The zero-order chi connectivity index (χ0) is 21.2. The highest BCUT2D eigenvalue weighted by Crippen LogP contribution is 2.72. The van der Waals surface area contributed by atoms with Crippen molar-refractivity contribution >= 4 is 11.9 Å². The number of carbonyl (C=O) groups is 2. The molecule has 1 spiro atoms. The summed E-state index contributed by atoms with van der Waals surface area (Å²) < 4.78 is 6.18. The van der Waals surface area contributed by atoms with Crippen LogP contribution < -0.4 is 0 Å². The number of fused-ring (bicyclic) bond motifs is 3. The molecule has 0 saturated heterocycles. The predicted molar refractivity (Wildman–Crippen MR) is 112 cm³/mol. The molecule has 29 heavy (non-hydrogen) atoms. The maximum Gasteiger partial charge on any atom is 0.309 e. The molecule has 0 heterocycles. The predicted octanol–water partition coefficient (Wildman–Crippen LogP) is 5.61. The molecule has 0 amide bonds. The normalized spacial score (nSPS) is 46.2. The average Bonchev–Trinajstić information content (AvgIpc) is 2.81. The Kier molecular flexibility index (Phi) is 4.94. The minimum atomic E-state index is -0.634. The average molecular weight is 403 g/mol. The van der Waals surface area contributed by atoms with Gasteiger partial charge in [-0.2, -0.15) is 0 Å². The van der Waals surface area contributed by atoms with Gasteiger partial charge in [-0.1, -0.05) is 33.8 Å². The Labute approximate surface area is 175 Å². The third kappa shape index (κ3) is 2.91. The number of esters is 1. The first kappa shape index (κ1) is 20.9. The number of rotatable bonds is 4. The molecule has 0 aromatic rings. The second-order valence-corrected chi connectivity index (χ2v) is 11.5. The van der Waals surface area contributed by atoms with Crippen LogP contribution in [-0.2, 0) is 14.3 Å². The van der Waals surface area contributed by atoms with Crippen LogP contribution in [0.15, 0.2) is 12.2 Å². The molecule has 0 aromatic heterocycles. The van der Waals surface area contributed by atoms with Crippen LogP contribution >= 0.6 is 0 Å². The van der Waals surface area contributed by atoms with Crippen LogP contribution in [0.5, 0.6) is 0 Å². The van der Waals surface area contributed by atoms with Crippen LogP contribution in [0, 0.1) is 39.9 Å². The van der Waals surface area contributed by atoms with E-state index >= 15 is 0 Å². The lowest BCUT2D eigenvalue weighted by molar-refractivity contribution is -0.196. The van der Waals surface area contributed by atoms with Crippen molar-refractivity contribution in [2.45, 2.75) is 91.6 Å². The van der Waals surface area contributed by atoms with E-state index in [-0.39, 0.29) is 34.7 Å². The quantitative estimate of drug-likeness (QED) is 0.490. The second kappa shape index (κ2) is 6.85. The largest absolute Gasteiger partial charge is 0.481 e. The smallest absolute Gasteiger partial charge is 0.309 e. The number of carboxylic acids is 1. The standard InChI is InChI=1S/C25H38O4/c1-15(2)13-20(26)29-21-16(3)17-7-8-19-23(4)10-6-11-24(5,22(27)28)18(23)9-12-25(19,21)14-17/h15,17-19,21H,3,6-14H2,1-2,4-5H3,(H,27,28)/t17-,18+,19-,21+,23-,24-,25-/m1/s1. The summed E-state index contributed by atoms with van der Waals surface area (Å²) in [6, 6.07) is 0. The van der Waals surface area contributed by atoms with Gasteiger partial charge >= 0.3 is 11.9 Å². The maximum absolute atomic E-state index is 12.6. The first-order valence-electron chi connectivity index (χ1n) is 11.7. The number of hydrogen-bond acceptors (Lipinski definition) is 3. The Morgan fingerprint density at radius 1 is 1.14 bits per heavy atom. The van der Waals surface area contributed by atoms with Gasteiger partial charge in [-0.05, 0) is 86.5 Å². The number of ether oxygens (including phenoxy) is 1. The van der Waals surface area contributed by atoms with Gasteiger partial charge in [0.25, 0.3) is 0 Å². The minimum Gasteiger partial charge on any atom is -0.481 e. The van der Waals surface area contributed by atoms with Gasteiger partial charge in [-0.3, -0.25) is 9.59 Å². The van der Waals surface area contributed by atoms with Gasteiger partial charge in [-0.15, -0.1) is 0 Å². The van der Waals surface area contributed by atoms with E-state index in [1.165, 1.54) is 0 Å². The summed E-state index contributed by atoms with van der Waals surface area (Å²) in [5.41, 5.74) is 0.463. The summed E-state index contributed by atoms with van der Waals surface area (Å²) in [4.78, 5) is 24.9. The molecule has 4 fully saturated rings. The summed E-state index contributed by atoms with van der Waals surface area (Å²) in [6.07, 6.45) is 8.31. The lowest BCUT2D eigenvalue weighted by atomic mass is 9.40. The molecule has 4 aliphatic carbocycles. The zero-order valence-electron chi connectivity index (χ0n) is 18.6. The van der Waals surface area contributed by atoms with Crippen molar-refractivity contribution in [3.8, 4) is 0 Å². The summed E-state index contributed by atoms with van der Waals surface area (Å²) in [6.45, 7) is 12.8. The molecule has 7 atom stereocenters. The van der Waals surface area contributed by atoms with Crippen molar-refractivity contribution in [1.29, 1.82) is 0 Å². The van der Waals surface area contributed by atoms with E-state index in [0.29, 0.717) is 18.3 Å². The van der Waals surface area contributed by atoms with E-state index in [4.69, 9.17) is 4.74 Å². The first-order chi connectivity index (χ1) is 13.5. The van der Waals surface area contributed by atoms with Crippen LogP contribution in [0.4, 0.5) is 0 Å². The molecule has 0 unspecified atom stereocenters. The second-order valence-electron chi connectivity index (χ2n) is 11.5. The Balaban J connectivity index is 1.69. The highest BCUT2D eigenvalue weighted by molar-refractivity contribution is 5.75. The van der Waals surface area contributed by atoms with E-state index in [9.17, 15) is 14.7 Å². The van der Waals surface area contributed by atoms with Crippen LogP contribution in [0.2, 0.25) is 0 Å². The highest BCUT2D eigenvalue weighted by atomic mass is 16.5. The van der Waals surface area contributed by atoms with Gasteiger partial charge < -0.3 is 9.84 Å². The first-order valence-corrected chi connectivity index (χ1v) is 11.7. The molecule has 4 nitrogen and oxygen atoms in total. The van der Waals surface area contributed by atoms with Crippen molar-refractivity contribution in [1.82, 2.24) is 0 Å². The molecule has 0 aliphatic heterocycles. The molecule has 0 aromatic carbocycles. The Morgan fingerprint density at radius 2 is 1.86 bits per heavy atom. The van der Waals surface area contributed by atoms with Gasteiger partial charge in [0, 0.05) is 11.8 Å². The molecule has 1 N–H and O–H groups in total. The fourth-order valence-electron chi connectivity index (χ4n) is 8.29. The number of hydrogen-bond donors (Lipinski definition) is 1. The number of carbonyl (C=O) groups excluding carboxylic acids is 1. The number of aliphatic carboxylic acids is 1. The summed E-state index contributed by atoms with van der Waals surface area (Å²) in [7, 11) is 0. The molecule has 4 heteroatoms. The van der Waals surface area contributed by atoms with Gasteiger partial charge in [-0.25, -0.2) is 0 Å². The molecular weight excluding hydrogens is 364 g/mol. The van der Waals surface area contributed by atoms with Gasteiger partial charge in [0.05, 0.1) is 5.41 Å². The molecule has 4 aliphatic rings. The van der Waals surface area contributed by atoms with Crippen molar-refractivity contribution in [3.05, 3.63) is 12.2 Å². The molecule has 4 saturated carbocycles. The molecule has 2 bridgehead atoms. The molecular formula is C25H38O4. The monoisotopic (exact) mass is 402 g/mol. The topological polar surface area (TPSA) is 63.6 Å². The highest BCUT2D eigenvalue weighted by Gasteiger charge is 2.68. The summed E-state index contributed by atoms with van der Waals surface area (Å²) in [5, 5.41) is 10.1. The van der Waals surface area contributed by atoms with E-state index in [1.807, 2.05) is 20.8 Å². The third-order valence-corrected chi connectivity index (χ3v) is 9.49. The van der Waals surface area contributed by atoms with Crippen molar-refractivity contribution in [3.63, 3.8) is 0 Å². The maximum atomic E-state index is 12.6. The summed E-state index contributed by atoms with van der Waals surface area (Å²) in [5.74, 6) is 0.631.